The van der Waals surface area contributed by atoms with Crippen LogP contribution in [0, 0.1) is 11.3 Å². The van der Waals surface area contributed by atoms with E-state index in [0.717, 1.165) is 24.1 Å². The van der Waals surface area contributed by atoms with Gasteiger partial charge in [-0.2, -0.15) is 5.10 Å². The molecule has 168 valence electrons. The highest BCUT2D eigenvalue weighted by molar-refractivity contribution is 5.95. The number of amides is 1. The molecule has 1 amide bonds. The van der Waals surface area contributed by atoms with Crippen molar-refractivity contribution in [1.29, 1.82) is 0 Å². The van der Waals surface area contributed by atoms with Crippen molar-refractivity contribution in [2.45, 2.75) is 46.2 Å². The van der Waals surface area contributed by atoms with Crippen LogP contribution in [0.1, 0.15) is 49.7 Å². The molecule has 2 atom stereocenters. The number of aromatic nitrogens is 5. The van der Waals surface area contributed by atoms with Crippen molar-refractivity contribution < 1.29 is 4.79 Å². The van der Waals surface area contributed by atoms with E-state index in [1.807, 2.05) is 28.6 Å². The molecule has 32 heavy (non-hydrogen) atoms. The zero-order chi connectivity index (χ0) is 22.8. The Morgan fingerprint density at radius 3 is 2.59 bits per heavy atom. The highest BCUT2D eigenvalue weighted by atomic mass is 16.2. The normalized spacial score (nSPS) is 20.8. The largest absolute Gasteiger partial charge is 0.331 e. The van der Waals surface area contributed by atoms with E-state index in [4.69, 9.17) is 4.98 Å². The van der Waals surface area contributed by atoms with Gasteiger partial charge in [0.2, 0.25) is 0 Å². The Hall–Kier alpha value is -3.16. The molecule has 2 unspecified atom stereocenters. The zero-order valence-corrected chi connectivity index (χ0v) is 19.4. The Morgan fingerprint density at radius 2 is 1.97 bits per heavy atom. The number of pyridine rings is 1. The fourth-order valence-corrected chi connectivity index (χ4v) is 5.05. The van der Waals surface area contributed by atoms with Crippen molar-refractivity contribution in [3.05, 3.63) is 52.3 Å². The number of rotatable bonds is 3. The molecule has 0 saturated carbocycles. The van der Waals surface area contributed by atoms with Crippen LogP contribution in [0.3, 0.4) is 0 Å². The second-order valence-electron chi connectivity index (χ2n) is 10.4. The minimum Gasteiger partial charge on any atom is -0.331 e. The first-order chi connectivity index (χ1) is 15.1. The predicted octanol–water partition coefficient (Wildman–Crippen LogP) is 2.83. The van der Waals surface area contributed by atoms with Crippen molar-refractivity contribution >= 4 is 22.6 Å². The molecule has 3 aromatic rings. The second-order valence-corrected chi connectivity index (χ2v) is 10.4. The van der Waals surface area contributed by atoms with E-state index in [9.17, 15) is 9.59 Å². The summed E-state index contributed by atoms with van der Waals surface area (Å²) in [5.41, 5.74) is 4.26. The second kappa shape index (κ2) is 7.18. The van der Waals surface area contributed by atoms with Crippen LogP contribution < -0.4 is 5.69 Å². The van der Waals surface area contributed by atoms with Gasteiger partial charge in [0.25, 0.3) is 5.91 Å². The molecule has 8 heteroatoms. The maximum atomic E-state index is 13.0. The topological polar surface area (TPSA) is 78.0 Å². The molecule has 2 bridgehead atoms. The summed E-state index contributed by atoms with van der Waals surface area (Å²) in [5, 5.41) is 4.14. The van der Waals surface area contributed by atoms with Crippen molar-refractivity contribution in [3.8, 4) is 0 Å². The van der Waals surface area contributed by atoms with Crippen LogP contribution in [0.5, 0.6) is 0 Å². The third kappa shape index (κ3) is 3.38. The quantitative estimate of drug-likeness (QED) is 0.635. The Balaban J connectivity index is 1.49. The molecule has 0 aromatic carbocycles. The summed E-state index contributed by atoms with van der Waals surface area (Å²) in [4.78, 5) is 32.7. The third-order valence-electron chi connectivity index (χ3n) is 6.56. The van der Waals surface area contributed by atoms with Crippen molar-refractivity contribution in [2.75, 3.05) is 6.54 Å². The van der Waals surface area contributed by atoms with Crippen LogP contribution in [-0.4, -0.2) is 47.3 Å². The molecule has 0 N–H and O–H groups in total. The van der Waals surface area contributed by atoms with Crippen LogP contribution in [0.15, 0.2) is 35.4 Å². The lowest BCUT2D eigenvalue weighted by atomic mass is 9.78. The van der Waals surface area contributed by atoms with Gasteiger partial charge >= 0.3 is 5.69 Å². The first-order valence-corrected chi connectivity index (χ1v) is 11.2. The lowest BCUT2D eigenvalue weighted by molar-refractivity contribution is 0.0609. The smallest absolute Gasteiger partial charge is 0.330 e. The highest BCUT2D eigenvalue weighted by Gasteiger charge is 2.38. The summed E-state index contributed by atoms with van der Waals surface area (Å²) < 4.78 is 5.12. The average molecular weight is 435 g/mol. The summed E-state index contributed by atoms with van der Waals surface area (Å²) in [7, 11) is 3.61. The molecular weight excluding hydrogens is 404 g/mol. The Kier molecular flexibility index (Phi) is 4.65. The van der Waals surface area contributed by atoms with E-state index in [1.54, 1.807) is 28.7 Å². The van der Waals surface area contributed by atoms with Crippen molar-refractivity contribution in [2.24, 2.45) is 25.4 Å². The summed E-state index contributed by atoms with van der Waals surface area (Å²) in [5.74, 6) is 0.285. The number of carbonyl (C=O) groups is 1. The number of hydrogen-bond acceptors (Lipinski definition) is 4. The van der Waals surface area contributed by atoms with Crippen molar-refractivity contribution in [3.63, 3.8) is 0 Å². The van der Waals surface area contributed by atoms with Gasteiger partial charge < -0.3 is 4.90 Å². The molecule has 0 spiro atoms. The maximum Gasteiger partial charge on any atom is 0.330 e. The average Bonchev–Trinajstić information content (AvgIpc) is 3.29. The molecule has 6 rings (SSSR count). The molecule has 1 aliphatic carbocycles. The van der Waals surface area contributed by atoms with Gasteiger partial charge in [-0.05, 0) is 36.0 Å². The van der Waals surface area contributed by atoms with Crippen LogP contribution in [-0.2, 0) is 20.6 Å². The standard InChI is InChI=1S/C24H30N6O2/c1-24(2,3)14-30-20-9-8-19(26-21(20)28(5)23(30)32)18-10-17-7-6-15(18)13-29(17)22(31)16-11-25-27(4)12-16/h8-12,15,17H,6-7,13-14H2,1-5H3. The lowest BCUT2D eigenvalue weighted by Gasteiger charge is -2.44. The summed E-state index contributed by atoms with van der Waals surface area (Å²) >= 11 is 0. The van der Waals surface area contributed by atoms with E-state index in [-0.39, 0.29) is 29.0 Å². The molecule has 1 fully saturated rings. The fraction of sp³-hybridized carbons (Fsp3) is 0.500. The van der Waals surface area contributed by atoms with Gasteiger partial charge in [0.05, 0.1) is 29.0 Å². The Labute approximate surface area is 187 Å². The van der Waals surface area contributed by atoms with Gasteiger partial charge in [0.15, 0.2) is 5.65 Å². The number of carbonyl (C=O) groups excluding carboxylic acids is 1. The maximum absolute atomic E-state index is 13.0. The van der Waals surface area contributed by atoms with Gasteiger partial charge in [-0.3, -0.25) is 18.6 Å². The molecule has 5 heterocycles. The first kappa shape index (κ1) is 20.7. The van der Waals surface area contributed by atoms with Gasteiger partial charge in [-0.15, -0.1) is 0 Å². The first-order valence-electron chi connectivity index (χ1n) is 11.2. The number of nitrogens with zero attached hydrogens (tertiary/aromatic N) is 6. The third-order valence-corrected chi connectivity index (χ3v) is 6.56. The molecule has 3 aromatic heterocycles. The molecule has 1 saturated heterocycles. The molecule has 8 nitrogen and oxygen atoms in total. The molecule has 3 aliphatic rings. The van der Waals surface area contributed by atoms with E-state index in [1.165, 1.54) is 5.57 Å². The SMILES string of the molecule is Cn1cc(C(=O)N2CC3CCC2C=C3c2ccc3c(n2)n(C)c(=O)n3CC(C)(C)C)cn1. The monoisotopic (exact) mass is 434 g/mol. The number of piperidine rings is 1. The van der Waals surface area contributed by atoms with Gasteiger partial charge in [-0.1, -0.05) is 26.8 Å². The molecular formula is C24H30N6O2. The van der Waals surface area contributed by atoms with E-state index >= 15 is 0 Å². The minimum atomic E-state index is -0.0352. The van der Waals surface area contributed by atoms with Gasteiger partial charge in [-0.25, -0.2) is 9.78 Å². The van der Waals surface area contributed by atoms with Gasteiger partial charge in [0, 0.05) is 39.3 Å². The summed E-state index contributed by atoms with van der Waals surface area (Å²) in [6.45, 7) is 7.71. The number of imidazole rings is 1. The number of hydrogen-bond donors (Lipinski definition) is 0. The lowest BCUT2D eigenvalue weighted by Crippen LogP contribution is -2.49. The number of fused-ring (bicyclic) bond motifs is 3. The predicted molar refractivity (Wildman–Crippen MR) is 123 cm³/mol. The minimum absolute atomic E-state index is 0.00784. The summed E-state index contributed by atoms with van der Waals surface area (Å²) in [6.07, 6.45) is 7.60. The van der Waals surface area contributed by atoms with E-state index in [0.29, 0.717) is 24.3 Å². The van der Waals surface area contributed by atoms with E-state index in [2.05, 4.69) is 31.9 Å². The Bertz CT molecular complexity index is 1300. The van der Waals surface area contributed by atoms with Crippen LogP contribution >= 0.6 is 0 Å². The zero-order valence-electron chi connectivity index (χ0n) is 19.4. The van der Waals surface area contributed by atoms with E-state index < -0.39 is 0 Å². The summed E-state index contributed by atoms with van der Waals surface area (Å²) in [6, 6.07) is 4.11. The number of aryl methyl sites for hydroxylation is 2. The fourth-order valence-electron chi connectivity index (χ4n) is 5.05. The van der Waals surface area contributed by atoms with Crippen LogP contribution in [0.25, 0.3) is 16.7 Å². The highest BCUT2D eigenvalue weighted by Crippen LogP contribution is 2.40. The Morgan fingerprint density at radius 1 is 1.19 bits per heavy atom. The molecule has 0 radical (unpaired) electrons. The molecule has 2 aliphatic heterocycles. The van der Waals surface area contributed by atoms with Crippen LogP contribution in [0.2, 0.25) is 0 Å². The van der Waals surface area contributed by atoms with Crippen molar-refractivity contribution in [1.82, 2.24) is 28.8 Å². The van der Waals surface area contributed by atoms with Gasteiger partial charge in [0.1, 0.15) is 0 Å². The van der Waals surface area contributed by atoms with Crippen LogP contribution in [0.4, 0.5) is 0 Å².